The molecule has 5 nitrogen and oxygen atoms in total. The molecular weight excluding hydrogens is 288 g/mol. The summed E-state index contributed by atoms with van der Waals surface area (Å²) in [6, 6.07) is 8.75. The van der Waals surface area contributed by atoms with E-state index >= 15 is 0 Å². The van der Waals surface area contributed by atoms with Crippen LogP contribution >= 0.6 is 0 Å². The van der Waals surface area contributed by atoms with Gasteiger partial charge >= 0.3 is 0 Å². The maximum absolute atomic E-state index is 12.4. The normalized spacial score (nSPS) is 19.3. The lowest BCUT2D eigenvalue weighted by atomic mass is 10.0. The summed E-state index contributed by atoms with van der Waals surface area (Å²) in [4.78, 5) is 14.2. The van der Waals surface area contributed by atoms with Crippen LogP contribution in [0, 0.1) is 5.92 Å². The van der Waals surface area contributed by atoms with Crippen LogP contribution in [0.25, 0.3) is 0 Å². The van der Waals surface area contributed by atoms with Gasteiger partial charge in [0.15, 0.2) is 0 Å². The number of anilines is 1. The van der Waals surface area contributed by atoms with E-state index < -0.39 is 10.0 Å². The van der Waals surface area contributed by atoms with E-state index in [9.17, 15) is 13.2 Å². The highest BCUT2D eigenvalue weighted by Crippen LogP contribution is 2.19. The number of benzene rings is 1. The number of carbonyl (C=O) groups is 1. The third-order valence-corrected chi connectivity index (χ3v) is 4.87. The Labute approximate surface area is 126 Å². The lowest BCUT2D eigenvalue weighted by Gasteiger charge is -2.32. The molecule has 1 fully saturated rings. The van der Waals surface area contributed by atoms with Gasteiger partial charge in [0, 0.05) is 13.1 Å². The monoisotopic (exact) mass is 310 g/mol. The number of piperidine rings is 1. The number of sulfonamides is 1. The Kier molecular flexibility index (Phi) is 4.88. The van der Waals surface area contributed by atoms with Gasteiger partial charge in [-0.25, -0.2) is 8.42 Å². The fraction of sp³-hybridized carbons (Fsp3) is 0.533. The lowest BCUT2D eigenvalue weighted by molar-refractivity contribution is -0.131. The Bertz CT molecular complexity index is 586. The van der Waals surface area contributed by atoms with Gasteiger partial charge in [-0.05, 0) is 30.9 Å². The van der Waals surface area contributed by atoms with Crippen LogP contribution in [0.1, 0.15) is 19.8 Å². The predicted octanol–water partition coefficient (Wildman–Crippen LogP) is 1.71. The summed E-state index contributed by atoms with van der Waals surface area (Å²) in [5, 5.41) is 0. The first-order chi connectivity index (χ1) is 9.88. The summed E-state index contributed by atoms with van der Waals surface area (Å²) in [5.41, 5.74) is 0.526. The van der Waals surface area contributed by atoms with E-state index in [1.54, 1.807) is 29.2 Å². The molecule has 0 N–H and O–H groups in total. The maximum atomic E-state index is 12.4. The fourth-order valence-electron chi connectivity index (χ4n) is 2.63. The van der Waals surface area contributed by atoms with Gasteiger partial charge in [-0.3, -0.25) is 9.10 Å². The molecule has 1 aromatic carbocycles. The highest BCUT2D eigenvalue weighted by atomic mass is 32.2. The van der Waals surface area contributed by atoms with Gasteiger partial charge in [0.25, 0.3) is 0 Å². The number of hydrogen-bond donors (Lipinski definition) is 0. The molecule has 2 rings (SSSR count). The molecule has 0 unspecified atom stereocenters. The third-order valence-electron chi connectivity index (χ3n) is 3.73. The molecule has 1 heterocycles. The van der Waals surface area contributed by atoms with E-state index in [2.05, 4.69) is 6.92 Å². The minimum atomic E-state index is -3.48. The molecule has 0 saturated carbocycles. The van der Waals surface area contributed by atoms with Gasteiger partial charge in [0.2, 0.25) is 15.9 Å². The second-order valence-electron chi connectivity index (χ2n) is 5.69. The van der Waals surface area contributed by atoms with Gasteiger partial charge in [0.05, 0.1) is 11.9 Å². The van der Waals surface area contributed by atoms with Crippen LogP contribution in [0.4, 0.5) is 5.69 Å². The molecule has 1 saturated heterocycles. The maximum Gasteiger partial charge on any atom is 0.243 e. The Morgan fingerprint density at radius 1 is 1.33 bits per heavy atom. The van der Waals surface area contributed by atoms with E-state index in [1.165, 1.54) is 4.31 Å². The summed E-state index contributed by atoms with van der Waals surface area (Å²) in [6.07, 6.45) is 3.24. The van der Waals surface area contributed by atoms with Crippen molar-refractivity contribution in [3.05, 3.63) is 30.3 Å². The van der Waals surface area contributed by atoms with E-state index in [0.29, 0.717) is 18.2 Å². The fourth-order valence-corrected chi connectivity index (χ4v) is 3.48. The Morgan fingerprint density at radius 3 is 2.57 bits per heavy atom. The molecule has 0 aromatic heterocycles. The van der Waals surface area contributed by atoms with Crippen molar-refractivity contribution in [1.29, 1.82) is 0 Å². The smallest absolute Gasteiger partial charge is 0.243 e. The highest BCUT2D eigenvalue weighted by Gasteiger charge is 2.26. The molecular formula is C15H22N2O3S. The zero-order valence-electron chi connectivity index (χ0n) is 12.5. The number of rotatable bonds is 4. The minimum absolute atomic E-state index is 0.129. The van der Waals surface area contributed by atoms with Crippen molar-refractivity contribution in [3.63, 3.8) is 0 Å². The molecule has 0 radical (unpaired) electrons. The van der Waals surface area contributed by atoms with Crippen LogP contribution in [0.3, 0.4) is 0 Å². The molecule has 1 atom stereocenters. The van der Waals surface area contributed by atoms with Crippen LogP contribution in [0.5, 0.6) is 0 Å². The summed E-state index contributed by atoms with van der Waals surface area (Å²) in [7, 11) is -3.48. The number of para-hydroxylation sites is 1. The Hall–Kier alpha value is -1.56. The van der Waals surface area contributed by atoms with Crippen LogP contribution in [-0.4, -0.2) is 45.1 Å². The first-order valence-corrected chi connectivity index (χ1v) is 9.03. The zero-order chi connectivity index (χ0) is 15.5. The first kappa shape index (κ1) is 15.8. The molecule has 116 valence electrons. The molecule has 1 aliphatic heterocycles. The molecule has 1 aliphatic rings. The standard InChI is InChI=1S/C15H22N2O3S/c1-13-7-6-10-16(11-13)15(18)12-17(21(2,19)20)14-8-4-3-5-9-14/h3-5,8-9,13H,6-7,10-12H2,1-2H3/t13-/m1/s1. The molecule has 1 amide bonds. The summed E-state index contributed by atoms with van der Waals surface area (Å²) < 4.78 is 25.1. The Morgan fingerprint density at radius 2 is 2.00 bits per heavy atom. The highest BCUT2D eigenvalue weighted by molar-refractivity contribution is 7.92. The quantitative estimate of drug-likeness (QED) is 0.850. The van der Waals surface area contributed by atoms with Crippen molar-refractivity contribution in [3.8, 4) is 0 Å². The van der Waals surface area contributed by atoms with Crippen LogP contribution in [0.15, 0.2) is 30.3 Å². The third kappa shape index (κ3) is 4.20. The number of hydrogen-bond acceptors (Lipinski definition) is 3. The summed E-state index contributed by atoms with van der Waals surface area (Å²) in [6.45, 7) is 3.42. The van der Waals surface area contributed by atoms with Crippen molar-refractivity contribution in [1.82, 2.24) is 4.90 Å². The van der Waals surface area contributed by atoms with E-state index in [4.69, 9.17) is 0 Å². The zero-order valence-corrected chi connectivity index (χ0v) is 13.3. The van der Waals surface area contributed by atoms with Crippen molar-refractivity contribution >= 4 is 21.6 Å². The number of amides is 1. The topological polar surface area (TPSA) is 57.7 Å². The number of likely N-dealkylation sites (tertiary alicyclic amines) is 1. The van der Waals surface area contributed by atoms with E-state index in [0.717, 1.165) is 25.6 Å². The van der Waals surface area contributed by atoms with Gasteiger partial charge in [-0.15, -0.1) is 0 Å². The van der Waals surface area contributed by atoms with Gasteiger partial charge in [0.1, 0.15) is 6.54 Å². The predicted molar refractivity (Wildman–Crippen MR) is 83.6 cm³/mol. The SMILES string of the molecule is C[C@@H]1CCCN(C(=O)CN(c2ccccc2)S(C)(=O)=O)C1. The minimum Gasteiger partial charge on any atom is -0.341 e. The molecule has 6 heteroatoms. The average Bonchev–Trinajstić information content (AvgIpc) is 2.44. The Balaban J connectivity index is 2.14. The van der Waals surface area contributed by atoms with Crippen LogP contribution < -0.4 is 4.31 Å². The largest absolute Gasteiger partial charge is 0.341 e. The van der Waals surface area contributed by atoms with Gasteiger partial charge in [-0.2, -0.15) is 0 Å². The van der Waals surface area contributed by atoms with E-state index in [-0.39, 0.29) is 12.5 Å². The molecule has 21 heavy (non-hydrogen) atoms. The molecule has 0 bridgehead atoms. The number of nitrogens with zero attached hydrogens (tertiary/aromatic N) is 2. The van der Waals surface area contributed by atoms with Gasteiger partial charge in [-0.1, -0.05) is 25.1 Å². The molecule has 1 aromatic rings. The summed E-state index contributed by atoms with van der Waals surface area (Å²) in [5.74, 6) is 0.349. The lowest BCUT2D eigenvalue weighted by Crippen LogP contribution is -2.46. The first-order valence-electron chi connectivity index (χ1n) is 7.18. The van der Waals surface area contributed by atoms with Crippen molar-refractivity contribution in [2.24, 2.45) is 5.92 Å². The second kappa shape index (κ2) is 6.47. The average molecular weight is 310 g/mol. The van der Waals surface area contributed by atoms with E-state index in [1.807, 2.05) is 6.07 Å². The van der Waals surface area contributed by atoms with Crippen molar-refractivity contribution < 1.29 is 13.2 Å². The summed E-state index contributed by atoms with van der Waals surface area (Å²) >= 11 is 0. The number of carbonyl (C=O) groups excluding carboxylic acids is 1. The van der Waals surface area contributed by atoms with Crippen LogP contribution in [0.2, 0.25) is 0 Å². The second-order valence-corrected chi connectivity index (χ2v) is 7.60. The molecule has 0 spiro atoms. The van der Waals surface area contributed by atoms with Crippen molar-refractivity contribution in [2.75, 3.05) is 30.2 Å². The van der Waals surface area contributed by atoms with Crippen LogP contribution in [-0.2, 0) is 14.8 Å². The van der Waals surface area contributed by atoms with Gasteiger partial charge < -0.3 is 4.90 Å². The van der Waals surface area contributed by atoms with Crippen molar-refractivity contribution in [2.45, 2.75) is 19.8 Å². The molecule has 0 aliphatic carbocycles.